The van der Waals surface area contributed by atoms with E-state index in [2.05, 4.69) is 45.7 Å². The zero-order valence-corrected chi connectivity index (χ0v) is 13.3. The maximum Gasteiger partial charge on any atom is 0.462 e. The Kier molecular flexibility index (Phi) is 5.81. The molecule has 0 N–H and O–H groups in total. The Labute approximate surface area is 118 Å². The molecule has 0 spiro atoms. The first-order valence-corrected chi connectivity index (χ1v) is 7.35. The van der Waals surface area contributed by atoms with Crippen LogP contribution in [-0.2, 0) is 9.31 Å². The molecule has 19 heavy (non-hydrogen) atoms. The van der Waals surface area contributed by atoms with Crippen LogP contribution in [-0.4, -0.2) is 31.6 Å². The predicted molar refractivity (Wildman–Crippen MR) is 82.9 cm³/mol. The Morgan fingerprint density at radius 3 is 2.42 bits per heavy atom. The fourth-order valence-electron chi connectivity index (χ4n) is 2.64. The molecule has 1 rings (SSSR count). The largest absolute Gasteiger partial charge is 0.462 e. The summed E-state index contributed by atoms with van der Waals surface area (Å²) in [7, 11) is 1.63. The molecule has 1 aliphatic heterocycles. The van der Waals surface area contributed by atoms with E-state index in [1.165, 1.54) is 5.57 Å². The highest BCUT2D eigenvalue weighted by atomic mass is 16.7. The van der Waals surface area contributed by atoms with Crippen molar-refractivity contribution in [3.05, 3.63) is 11.6 Å². The third-order valence-corrected chi connectivity index (χ3v) is 3.98. The van der Waals surface area contributed by atoms with Crippen molar-refractivity contribution in [1.82, 2.24) is 0 Å². The third kappa shape index (κ3) is 3.93. The lowest BCUT2D eigenvalue weighted by Crippen LogP contribution is -2.44. The highest BCUT2D eigenvalue weighted by Crippen LogP contribution is 2.41. The number of nitrogens with zero attached hydrogens (tertiary/aromatic N) is 1. The van der Waals surface area contributed by atoms with Crippen LogP contribution < -0.4 is 0 Å². The molecular weight excluding hydrogens is 237 g/mol. The van der Waals surface area contributed by atoms with Gasteiger partial charge in [-0.1, -0.05) is 26.3 Å². The van der Waals surface area contributed by atoms with Crippen LogP contribution in [0.4, 0.5) is 0 Å². The lowest BCUT2D eigenvalue weighted by Gasteiger charge is -2.36. The summed E-state index contributed by atoms with van der Waals surface area (Å²) in [5.41, 5.74) is 0.744. The first kappa shape index (κ1) is 16.4. The van der Waals surface area contributed by atoms with Crippen molar-refractivity contribution in [3.8, 4) is 0 Å². The monoisotopic (exact) mass is 265 g/mol. The van der Waals surface area contributed by atoms with Crippen LogP contribution in [0.25, 0.3) is 0 Å². The van der Waals surface area contributed by atoms with Gasteiger partial charge in [-0.3, -0.25) is 4.99 Å². The summed E-state index contributed by atoms with van der Waals surface area (Å²) in [5.74, 6) is 0. The molecule has 4 heteroatoms. The van der Waals surface area contributed by atoms with Gasteiger partial charge in [0, 0.05) is 19.6 Å². The van der Waals surface area contributed by atoms with E-state index in [1.807, 2.05) is 6.21 Å². The van der Waals surface area contributed by atoms with E-state index < -0.39 is 0 Å². The van der Waals surface area contributed by atoms with Crippen molar-refractivity contribution in [2.75, 3.05) is 7.05 Å². The molecule has 108 valence electrons. The van der Waals surface area contributed by atoms with Crippen LogP contribution in [0, 0.1) is 0 Å². The van der Waals surface area contributed by atoms with Crippen molar-refractivity contribution in [1.29, 1.82) is 0 Å². The molecule has 0 bridgehead atoms. The molecule has 1 heterocycles. The standard InChI is InChI=1S/C15H28BNO2/c1-7-9-13(12-17-6)11-16-18-14(3,4)15(5,19-16)10-8-2/h9,12H,7-8,10-11H2,1-6H3/b13-9-,17-12+. The van der Waals surface area contributed by atoms with E-state index in [-0.39, 0.29) is 18.3 Å². The molecule has 1 unspecified atom stereocenters. The quantitative estimate of drug-likeness (QED) is 0.538. The second kappa shape index (κ2) is 6.71. The van der Waals surface area contributed by atoms with Gasteiger partial charge in [-0.15, -0.1) is 0 Å². The minimum Gasteiger partial charge on any atom is -0.403 e. The van der Waals surface area contributed by atoms with Gasteiger partial charge in [0.2, 0.25) is 0 Å². The van der Waals surface area contributed by atoms with Gasteiger partial charge in [0.1, 0.15) is 0 Å². The molecule has 0 aromatic heterocycles. The SMILES string of the molecule is CC/C=C(\C=N\C)CB1OC(C)(C)C(C)(CCC)O1. The maximum atomic E-state index is 6.20. The Balaban J connectivity index is 2.76. The van der Waals surface area contributed by atoms with Gasteiger partial charge in [0.15, 0.2) is 0 Å². The van der Waals surface area contributed by atoms with Crippen LogP contribution in [0.3, 0.4) is 0 Å². The minimum atomic E-state index is -0.242. The first-order chi connectivity index (χ1) is 8.88. The molecule has 0 aliphatic carbocycles. The van der Waals surface area contributed by atoms with E-state index in [0.29, 0.717) is 0 Å². The van der Waals surface area contributed by atoms with Crippen molar-refractivity contribution >= 4 is 13.3 Å². The summed E-state index contributed by atoms with van der Waals surface area (Å²) < 4.78 is 12.3. The van der Waals surface area contributed by atoms with Crippen molar-refractivity contribution < 1.29 is 9.31 Å². The van der Waals surface area contributed by atoms with Gasteiger partial charge in [0.05, 0.1) is 11.2 Å². The molecule has 1 fully saturated rings. The summed E-state index contributed by atoms with van der Waals surface area (Å²) in [6.07, 6.45) is 7.98. The summed E-state index contributed by atoms with van der Waals surface area (Å²) in [4.78, 5) is 4.10. The molecule has 0 radical (unpaired) electrons. The van der Waals surface area contributed by atoms with Crippen LogP contribution in [0.2, 0.25) is 6.32 Å². The molecule has 0 amide bonds. The molecule has 0 aromatic carbocycles. The molecule has 1 atom stereocenters. The molecule has 1 saturated heterocycles. The zero-order valence-electron chi connectivity index (χ0n) is 13.3. The smallest absolute Gasteiger partial charge is 0.403 e. The number of rotatable bonds is 6. The number of hydrogen-bond donors (Lipinski definition) is 0. The van der Waals surface area contributed by atoms with Crippen LogP contribution >= 0.6 is 0 Å². The number of allylic oxidation sites excluding steroid dienone is 2. The molecule has 1 aliphatic rings. The van der Waals surface area contributed by atoms with Crippen molar-refractivity contribution in [2.45, 2.75) is 71.4 Å². The summed E-state index contributed by atoms with van der Waals surface area (Å²) in [6.45, 7) is 10.7. The minimum absolute atomic E-state index is 0.164. The van der Waals surface area contributed by atoms with Gasteiger partial charge in [-0.2, -0.15) is 0 Å². The normalized spacial score (nSPS) is 27.5. The van der Waals surface area contributed by atoms with Crippen LogP contribution in [0.1, 0.15) is 53.9 Å². The fourth-order valence-corrected chi connectivity index (χ4v) is 2.64. The van der Waals surface area contributed by atoms with E-state index in [0.717, 1.165) is 25.6 Å². The third-order valence-electron chi connectivity index (χ3n) is 3.98. The van der Waals surface area contributed by atoms with Gasteiger partial charge in [-0.05, 0) is 39.2 Å². The zero-order chi connectivity index (χ0) is 14.5. The van der Waals surface area contributed by atoms with E-state index in [1.54, 1.807) is 7.05 Å². The predicted octanol–water partition coefficient (Wildman–Crippen LogP) is 3.90. The van der Waals surface area contributed by atoms with E-state index >= 15 is 0 Å². The van der Waals surface area contributed by atoms with Crippen molar-refractivity contribution in [3.63, 3.8) is 0 Å². The van der Waals surface area contributed by atoms with Crippen LogP contribution in [0.15, 0.2) is 16.6 Å². The summed E-state index contributed by atoms with van der Waals surface area (Å²) >= 11 is 0. The molecule has 0 saturated carbocycles. The lowest BCUT2D eigenvalue weighted by atomic mass is 9.80. The summed E-state index contributed by atoms with van der Waals surface area (Å²) in [6, 6.07) is 0. The Morgan fingerprint density at radius 2 is 1.89 bits per heavy atom. The van der Waals surface area contributed by atoms with Gasteiger partial charge >= 0.3 is 7.12 Å². The summed E-state index contributed by atoms with van der Waals surface area (Å²) in [5, 5.41) is 0. The van der Waals surface area contributed by atoms with Gasteiger partial charge in [0.25, 0.3) is 0 Å². The molecule has 0 aromatic rings. The highest BCUT2D eigenvalue weighted by Gasteiger charge is 2.53. The average molecular weight is 265 g/mol. The highest BCUT2D eigenvalue weighted by molar-refractivity contribution is 6.47. The Morgan fingerprint density at radius 1 is 1.21 bits per heavy atom. The van der Waals surface area contributed by atoms with Gasteiger partial charge in [-0.25, -0.2) is 0 Å². The average Bonchev–Trinajstić information content (AvgIpc) is 2.49. The topological polar surface area (TPSA) is 30.8 Å². The van der Waals surface area contributed by atoms with E-state index in [9.17, 15) is 0 Å². The first-order valence-electron chi connectivity index (χ1n) is 7.35. The Hall–Kier alpha value is -0.605. The second-order valence-electron chi connectivity index (χ2n) is 5.94. The van der Waals surface area contributed by atoms with Gasteiger partial charge < -0.3 is 9.31 Å². The Bertz CT molecular complexity index is 352. The number of hydrogen-bond acceptors (Lipinski definition) is 3. The van der Waals surface area contributed by atoms with Crippen molar-refractivity contribution in [2.24, 2.45) is 4.99 Å². The molecular formula is C15H28BNO2. The maximum absolute atomic E-state index is 6.20. The lowest BCUT2D eigenvalue weighted by molar-refractivity contribution is -0.0159. The fraction of sp³-hybridized carbons (Fsp3) is 0.800. The second-order valence-corrected chi connectivity index (χ2v) is 5.94. The van der Waals surface area contributed by atoms with E-state index in [4.69, 9.17) is 9.31 Å². The number of aliphatic imine (C=N–C) groups is 1. The molecule has 3 nitrogen and oxygen atoms in total. The van der Waals surface area contributed by atoms with Crippen LogP contribution in [0.5, 0.6) is 0 Å².